The van der Waals surface area contributed by atoms with Crippen LogP contribution in [0.2, 0.25) is 0 Å². The molecule has 6 nitrogen and oxygen atoms in total. The monoisotopic (exact) mass is 248 g/mol. The van der Waals surface area contributed by atoms with Gasteiger partial charge in [-0.15, -0.1) is 0 Å². The topological polar surface area (TPSA) is 104 Å². The number of hydrogen-bond acceptors (Lipinski definition) is 5. The number of rotatable bonds is 7. The Bertz CT molecular complexity index is 275. The highest BCUT2D eigenvalue weighted by Crippen LogP contribution is 2.35. The molecule has 0 amide bonds. The molecule has 0 radical (unpaired) electrons. The second-order valence-electron chi connectivity index (χ2n) is 4.19. The number of ether oxygens (including phenoxy) is 1. The normalized spacial score (nSPS) is 16.4. The van der Waals surface area contributed by atoms with Gasteiger partial charge in [-0.1, -0.05) is 13.8 Å². The second-order valence-corrected chi connectivity index (χ2v) is 4.19. The number of hydrogen-bond donors (Lipinski definition) is 3. The Morgan fingerprint density at radius 1 is 1.35 bits per heavy atom. The third-order valence-corrected chi connectivity index (χ3v) is 2.78. The van der Waals surface area contributed by atoms with E-state index in [0.29, 0.717) is 0 Å². The van der Waals surface area contributed by atoms with Crippen molar-refractivity contribution in [2.24, 2.45) is 11.3 Å². The van der Waals surface area contributed by atoms with Gasteiger partial charge in [-0.05, 0) is 12.8 Å². The molecule has 0 aromatic heterocycles. The van der Waals surface area contributed by atoms with Gasteiger partial charge in [-0.3, -0.25) is 9.59 Å². The van der Waals surface area contributed by atoms with E-state index < -0.39 is 36.0 Å². The number of aliphatic carboxylic acids is 1. The number of carboxylic acids is 1. The summed E-state index contributed by atoms with van der Waals surface area (Å²) in [5.41, 5.74) is -1.82. The highest BCUT2D eigenvalue weighted by Gasteiger charge is 2.51. The Labute approximate surface area is 100 Å². The van der Waals surface area contributed by atoms with E-state index in [0.717, 1.165) is 0 Å². The average Bonchev–Trinajstić information content (AvgIpc) is 2.24. The maximum absolute atomic E-state index is 11.8. The summed E-state index contributed by atoms with van der Waals surface area (Å²) in [6.45, 7) is 4.18. The van der Waals surface area contributed by atoms with E-state index in [-0.39, 0.29) is 13.0 Å². The summed E-state index contributed by atoms with van der Waals surface area (Å²) in [6, 6.07) is 0. The van der Waals surface area contributed by atoms with Crippen LogP contribution in [0.4, 0.5) is 0 Å². The van der Waals surface area contributed by atoms with E-state index in [1.54, 1.807) is 20.8 Å². The van der Waals surface area contributed by atoms with E-state index in [2.05, 4.69) is 0 Å². The molecule has 0 aliphatic carbocycles. The van der Waals surface area contributed by atoms with Crippen molar-refractivity contribution in [2.75, 3.05) is 13.2 Å². The van der Waals surface area contributed by atoms with Crippen molar-refractivity contribution in [2.45, 2.75) is 33.3 Å². The van der Waals surface area contributed by atoms with Gasteiger partial charge < -0.3 is 20.1 Å². The summed E-state index contributed by atoms with van der Waals surface area (Å²) < 4.78 is 4.76. The molecular weight excluding hydrogens is 228 g/mol. The third kappa shape index (κ3) is 3.41. The molecule has 2 atom stereocenters. The Morgan fingerprint density at radius 2 is 1.88 bits per heavy atom. The highest BCUT2D eigenvalue weighted by molar-refractivity contribution is 5.99. The average molecular weight is 248 g/mol. The Morgan fingerprint density at radius 3 is 2.18 bits per heavy atom. The van der Waals surface area contributed by atoms with Crippen molar-refractivity contribution >= 4 is 11.9 Å². The Balaban J connectivity index is 5.28. The van der Waals surface area contributed by atoms with Crippen LogP contribution in [0.25, 0.3) is 0 Å². The van der Waals surface area contributed by atoms with E-state index in [4.69, 9.17) is 9.84 Å². The van der Waals surface area contributed by atoms with Crippen LogP contribution < -0.4 is 0 Å². The lowest BCUT2D eigenvalue weighted by Crippen LogP contribution is -2.47. The zero-order chi connectivity index (χ0) is 13.6. The lowest BCUT2D eigenvalue weighted by Gasteiger charge is -2.32. The molecular formula is C11H20O6. The molecule has 0 rings (SSSR count). The van der Waals surface area contributed by atoms with Crippen molar-refractivity contribution < 1.29 is 29.6 Å². The number of carboxylic acid groups (broad SMARTS) is 1. The molecule has 3 N–H and O–H groups in total. The molecule has 0 fully saturated rings. The molecule has 6 heteroatoms. The highest BCUT2D eigenvalue weighted by atomic mass is 16.5. The van der Waals surface area contributed by atoms with Crippen molar-refractivity contribution in [3.63, 3.8) is 0 Å². The first kappa shape index (κ1) is 15.9. The molecule has 0 aliphatic rings. The summed E-state index contributed by atoms with van der Waals surface area (Å²) >= 11 is 0. The quantitative estimate of drug-likeness (QED) is 0.433. The van der Waals surface area contributed by atoms with Crippen LogP contribution in [-0.2, 0) is 14.3 Å². The van der Waals surface area contributed by atoms with Crippen molar-refractivity contribution in [1.82, 2.24) is 0 Å². The van der Waals surface area contributed by atoms with Gasteiger partial charge in [0.25, 0.3) is 0 Å². The summed E-state index contributed by atoms with van der Waals surface area (Å²) in [6.07, 6.45) is -1.63. The lowest BCUT2D eigenvalue weighted by atomic mass is 9.73. The van der Waals surface area contributed by atoms with Crippen LogP contribution in [0.3, 0.4) is 0 Å². The SMILES string of the molecule is CCOC(=O)C(CC(O)CO)(C(=O)O)C(C)C. The second kappa shape index (κ2) is 6.56. The van der Waals surface area contributed by atoms with E-state index in [9.17, 15) is 19.8 Å². The van der Waals surface area contributed by atoms with Crippen LogP contribution in [-0.4, -0.2) is 46.6 Å². The van der Waals surface area contributed by atoms with Gasteiger partial charge in [0.05, 0.1) is 19.3 Å². The van der Waals surface area contributed by atoms with Crippen molar-refractivity contribution in [3.8, 4) is 0 Å². The fourth-order valence-corrected chi connectivity index (χ4v) is 1.67. The third-order valence-electron chi connectivity index (χ3n) is 2.78. The molecule has 2 unspecified atom stereocenters. The first-order valence-corrected chi connectivity index (χ1v) is 5.52. The van der Waals surface area contributed by atoms with E-state index in [1.807, 2.05) is 0 Å². The van der Waals surface area contributed by atoms with Gasteiger partial charge in [-0.25, -0.2) is 0 Å². The molecule has 0 aromatic rings. The Hall–Kier alpha value is -1.14. The smallest absolute Gasteiger partial charge is 0.323 e. The molecule has 0 bridgehead atoms. The lowest BCUT2D eigenvalue weighted by molar-refractivity contribution is -0.175. The van der Waals surface area contributed by atoms with Gasteiger partial charge >= 0.3 is 11.9 Å². The van der Waals surface area contributed by atoms with Crippen LogP contribution in [0.5, 0.6) is 0 Å². The molecule has 100 valence electrons. The zero-order valence-corrected chi connectivity index (χ0v) is 10.3. The van der Waals surface area contributed by atoms with Gasteiger partial charge in [-0.2, -0.15) is 0 Å². The number of esters is 1. The number of carbonyl (C=O) groups excluding carboxylic acids is 1. The van der Waals surface area contributed by atoms with Crippen molar-refractivity contribution in [3.05, 3.63) is 0 Å². The van der Waals surface area contributed by atoms with Crippen LogP contribution >= 0.6 is 0 Å². The van der Waals surface area contributed by atoms with Gasteiger partial charge in [0, 0.05) is 6.42 Å². The van der Waals surface area contributed by atoms with E-state index >= 15 is 0 Å². The molecule has 0 aromatic carbocycles. The van der Waals surface area contributed by atoms with Crippen LogP contribution in [0.15, 0.2) is 0 Å². The number of aliphatic hydroxyl groups is 2. The fourth-order valence-electron chi connectivity index (χ4n) is 1.67. The minimum absolute atomic E-state index is 0.0653. The van der Waals surface area contributed by atoms with Gasteiger partial charge in [0.1, 0.15) is 0 Å². The number of carbonyl (C=O) groups is 2. The predicted molar refractivity (Wildman–Crippen MR) is 59.2 cm³/mol. The Kier molecular flexibility index (Phi) is 6.12. The summed E-state index contributed by atoms with van der Waals surface area (Å²) in [5.74, 6) is -2.78. The largest absolute Gasteiger partial charge is 0.480 e. The molecule has 0 heterocycles. The maximum atomic E-state index is 11.8. The summed E-state index contributed by atoms with van der Waals surface area (Å²) in [5, 5.41) is 27.4. The number of aliphatic hydroxyl groups excluding tert-OH is 2. The molecule has 17 heavy (non-hydrogen) atoms. The fraction of sp³-hybridized carbons (Fsp3) is 0.818. The molecule has 0 spiro atoms. The predicted octanol–water partition coefficient (Wildman–Crippen LogP) is 0.0198. The molecule has 0 saturated heterocycles. The van der Waals surface area contributed by atoms with Gasteiger partial charge in [0.15, 0.2) is 5.41 Å². The first-order valence-electron chi connectivity index (χ1n) is 5.52. The first-order chi connectivity index (χ1) is 7.82. The van der Waals surface area contributed by atoms with Gasteiger partial charge in [0.2, 0.25) is 0 Å². The van der Waals surface area contributed by atoms with Crippen molar-refractivity contribution in [1.29, 1.82) is 0 Å². The molecule has 0 aliphatic heterocycles. The van der Waals surface area contributed by atoms with Crippen LogP contribution in [0, 0.1) is 11.3 Å². The maximum Gasteiger partial charge on any atom is 0.323 e. The minimum Gasteiger partial charge on any atom is -0.480 e. The zero-order valence-electron chi connectivity index (χ0n) is 10.3. The summed E-state index contributed by atoms with van der Waals surface area (Å²) in [4.78, 5) is 23.1. The molecule has 0 saturated carbocycles. The standard InChI is InChI=1S/C11H20O6/c1-4-17-10(16)11(7(2)3,9(14)15)5-8(13)6-12/h7-8,12-13H,4-6H2,1-3H3,(H,14,15). The summed E-state index contributed by atoms with van der Waals surface area (Å²) in [7, 11) is 0. The van der Waals surface area contributed by atoms with Crippen LogP contribution in [0.1, 0.15) is 27.2 Å². The minimum atomic E-state index is -1.82. The van der Waals surface area contributed by atoms with E-state index in [1.165, 1.54) is 0 Å².